The molecular formula is C18H14BrN5O2. The average Bonchev–Trinajstić information content (AvgIpc) is 3.14. The number of H-pyrrole nitrogens is 1. The number of nitrogens with two attached hydrogens (primary N) is 1. The summed E-state index contributed by atoms with van der Waals surface area (Å²) in [5.41, 5.74) is 8.72. The van der Waals surface area contributed by atoms with Crippen LogP contribution in [0.4, 0.5) is 0 Å². The Bertz CT molecular complexity index is 1160. The minimum atomic E-state index is -0.511. The molecule has 2 aromatic heterocycles. The van der Waals surface area contributed by atoms with Crippen LogP contribution in [0.25, 0.3) is 33.8 Å². The monoisotopic (exact) mass is 411 g/mol. The highest BCUT2D eigenvalue weighted by atomic mass is 79.9. The number of primary amides is 1. The molecule has 4 aromatic rings. The van der Waals surface area contributed by atoms with Gasteiger partial charge in [-0.25, -0.2) is 4.98 Å². The van der Waals surface area contributed by atoms with Crippen LogP contribution >= 0.6 is 15.9 Å². The Balaban J connectivity index is 1.86. The molecule has 4 N–H and O–H groups in total. The van der Waals surface area contributed by atoms with Crippen LogP contribution in [0.5, 0.6) is 5.75 Å². The summed E-state index contributed by atoms with van der Waals surface area (Å²) in [5, 5.41) is 15.2. The van der Waals surface area contributed by atoms with Gasteiger partial charge in [-0.3, -0.25) is 9.48 Å². The van der Waals surface area contributed by atoms with E-state index in [-0.39, 0.29) is 5.75 Å². The van der Waals surface area contributed by atoms with Crippen molar-refractivity contribution < 1.29 is 9.90 Å². The second-order valence-corrected chi connectivity index (χ2v) is 6.78. The number of aryl methyl sites for hydroxylation is 1. The summed E-state index contributed by atoms with van der Waals surface area (Å²) in [5.74, 6) is -0.0291. The molecule has 0 fully saturated rings. The SMILES string of the molecule is Cn1nc(-c2cccc(Br)c2)c(O)c1-c1nc2ccc(C(N)=O)cc2[nH]1. The molecule has 8 heteroatoms. The Labute approximate surface area is 156 Å². The molecule has 0 aliphatic heterocycles. The van der Waals surface area contributed by atoms with Crippen molar-refractivity contribution >= 4 is 32.9 Å². The van der Waals surface area contributed by atoms with Gasteiger partial charge >= 0.3 is 0 Å². The van der Waals surface area contributed by atoms with E-state index >= 15 is 0 Å². The van der Waals surface area contributed by atoms with E-state index < -0.39 is 5.91 Å². The lowest BCUT2D eigenvalue weighted by molar-refractivity contribution is 0.100. The zero-order chi connectivity index (χ0) is 18.4. The summed E-state index contributed by atoms with van der Waals surface area (Å²) >= 11 is 3.42. The van der Waals surface area contributed by atoms with Gasteiger partial charge in [-0.2, -0.15) is 5.10 Å². The smallest absolute Gasteiger partial charge is 0.248 e. The highest BCUT2D eigenvalue weighted by Crippen LogP contribution is 2.37. The number of hydrogen-bond donors (Lipinski definition) is 3. The number of fused-ring (bicyclic) bond motifs is 1. The molecule has 0 aliphatic carbocycles. The van der Waals surface area contributed by atoms with E-state index in [4.69, 9.17) is 5.73 Å². The number of aromatic amines is 1. The lowest BCUT2D eigenvalue weighted by Gasteiger charge is -1.99. The van der Waals surface area contributed by atoms with E-state index in [2.05, 4.69) is 31.0 Å². The third kappa shape index (κ3) is 2.64. The fourth-order valence-corrected chi connectivity index (χ4v) is 3.28. The third-order valence-electron chi connectivity index (χ3n) is 4.11. The van der Waals surface area contributed by atoms with E-state index in [1.165, 1.54) is 0 Å². The highest BCUT2D eigenvalue weighted by molar-refractivity contribution is 9.10. The van der Waals surface area contributed by atoms with Crippen molar-refractivity contribution in [2.24, 2.45) is 12.8 Å². The summed E-state index contributed by atoms with van der Waals surface area (Å²) in [6.07, 6.45) is 0. The average molecular weight is 412 g/mol. The first-order chi connectivity index (χ1) is 12.4. The number of nitrogens with zero attached hydrogens (tertiary/aromatic N) is 3. The van der Waals surface area contributed by atoms with Crippen LogP contribution in [0.1, 0.15) is 10.4 Å². The van der Waals surface area contributed by atoms with Crippen LogP contribution in [0.2, 0.25) is 0 Å². The molecule has 0 unspecified atom stereocenters. The number of nitrogens with one attached hydrogen (secondary N) is 1. The first kappa shape index (κ1) is 16.3. The zero-order valence-electron chi connectivity index (χ0n) is 13.7. The number of imidazole rings is 1. The Morgan fingerprint density at radius 3 is 2.81 bits per heavy atom. The van der Waals surface area contributed by atoms with Gasteiger partial charge < -0.3 is 15.8 Å². The number of amides is 1. The maximum atomic E-state index is 11.3. The molecule has 0 saturated heterocycles. The molecule has 7 nitrogen and oxygen atoms in total. The van der Waals surface area contributed by atoms with Gasteiger partial charge in [0, 0.05) is 22.6 Å². The molecule has 130 valence electrons. The van der Waals surface area contributed by atoms with Crippen molar-refractivity contribution in [3.63, 3.8) is 0 Å². The molecule has 26 heavy (non-hydrogen) atoms. The van der Waals surface area contributed by atoms with Crippen molar-refractivity contribution in [1.82, 2.24) is 19.7 Å². The van der Waals surface area contributed by atoms with Gasteiger partial charge in [0.25, 0.3) is 0 Å². The zero-order valence-corrected chi connectivity index (χ0v) is 15.3. The number of aromatic nitrogens is 4. The van der Waals surface area contributed by atoms with Gasteiger partial charge in [0.1, 0.15) is 11.4 Å². The number of aromatic hydroxyl groups is 1. The van der Waals surface area contributed by atoms with E-state index in [0.29, 0.717) is 33.8 Å². The molecule has 1 amide bonds. The Hall–Kier alpha value is -3.13. The second kappa shape index (κ2) is 5.99. The lowest BCUT2D eigenvalue weighted by atomic mass is 10.1. The summed E-state index contributed by atoms with van der Waals surface area (Å²) in [6, 6.07) is 12.5. The van der Waals surface area contributed by atoms with E-state index in [9.17, 15) is 9.90 Å². The molecule has 0 bridgehead atoms. The molecular weight excluding hydrogens is 398 g/mol. The molecule has 0 saturated carbocycles. The fourth-order valence-electron chi connectivity index (χ4n) is 2.88. The summed E-state index contributed by atoms with van der Waals surface area (Å²) < 4.78 is 2.46. The number of carbonyl (C=O) groups excluding carboxylic acids is 1. The van der Waals surface area contributed by atoms with Crippen molar-refractivity contribution in [1.29, 1.82) is 0 Å². The number of benzene rings is 2. The van der Waals surface area contributed by atoms with Gasteiger partial charge in [0.2, 0.25) is 5.91 Å². The van der Waals surface area contributed by atoms with Crippen LogP contribution in [0.3, 0.4) is 0 Å². The van der Waals surface area contributed by atoms with Gasteiger partial charge in [0.15, 0.2) is 11.6 Å². The van der Waals surface area contributed by atoms with Gasteiger partial charge in [-0.15, -0.1) is 0 Å². The topological polar surface area (TPSA) is 110 Å². The summed E-state index contributed by atoms with van der Waals surface area (Å²) in [6.45, 7) is 0. The van der Waals surface area contributed by atoms with E-state index in [1.54, 1.807) is 29.9 Å². The standard InChI is InChI=1S/C18H14BrN5O2/c1-24-15(16(25)14(23-24)9-3-2-4-11(19)7-9)18-21-12-6-5-10(17(20)26)8-13(12)22-18/h2-8,25H,1H3,(H2,20,26)(H,21,22). The van der Waals surface area contributed by atoms with Crippen molar-refractivity contribution in [2.45, 2.75) is 0 Å². The minimum Gasteiger partial charge on any atom is -0.504 e. The number of carbonyl (C=O) groups is 1. The molecule has 4 rings (SSSR count). The van der Waals surface area contributed by atoms with Crippen LogP contribution in [0.15, 0.2) is 46.9 Å². The Morgan fingerprint density at radius 2 is 2.08 bits per heavy atom. The number of halogens is 1. The summed E-state index contributed by atoms with van der Waals surface area (Å²) in [7, 11) is 1.73. The molecule has 0 atom stereocenters. The number of rotatable bonds is 3. The first-order valence-electron chi connectivity index (χ1n) is 7.76. The predicted molar refractivity (Wildman–Crippen MR) is 102 cm³/mol. The molecule has 0 radical (unpaired) electrons. The molecule has 0 aliphatic rings. The van der Waals surface area contributed by atoms with Crippen LogP contribution in [-0.2, 0) is 7.05 Å². The fraction of sp³-hybridized carbons (Fsp3) is 0.0556. The van der Waals surface area contributed by atoms with Crippen molar-refractivity contribution in [3.05, 3.63) is 52.5 Å². The minimum absolute atomic E-state index is 0.0276. The molecule has 0 spiro atoms. The van der Waals surface area contributed by atoms with Crippen molar-refractivity contribution in [3.8, 4) is 28.5 Å². The summed E-state index contributed by atoms with van der Waals surface area (Å²) in [4.78, 5) is 19.0. The molecule has 2 aromatic carbocycles. The van der Waals surface area contributed by atoms with Crippen LogP contribution in [0, 0.1) is 0 Å². The maximum absolute atomic E-state index is 11.3. The first-order valence-corrected chi connectivity index (χ1v) is 8.55. The normalized spacial score (nSPS) is 11.2. The van der Waals surface area contributed by atoms with E-state index in [1.807, 2.05) is 24.3 Å². The lowest BCUT2D eigenvalue weighted by Crippen LogP contribution is -2.10. The van der Waals surface area contributed by atoms with Crippen molar-refractivity contribution in [2.75, 3.05) is 0 Å². The number of hydrogen-bond acceptors (Lipinski definition) is 4. The second-order valence-electron chi connectivity index (χ2n) is 5.86. The van der Waals surface area contributed by atoms with Gasteiger partial charge in [0.05, 0.1) is 11.0 Å². The maximum Gasteiger partial charge on any atom is 0.248 e. The van der Waals surface area contributed by atoms with E-state index in [0.717, 1.165) is 10.0 Å². The highest BCUT2D eigenvalue weighted by Gasteiger charge is 2.21. The largest absolute Gasteiger partial charge is 0.504 e. The quantitative estimate of drug-likeness (QED) is 0.480. The van der Waals surface area contributed by atoms with Gasteiger partial charge in [-0.05, 0) is 30.3 Å². The predicted octanol–water partition coefficient (Wildman–Crippen LogP) is 3.20. The molecule has 2 heterocycles. The van der Waals surface area contributed by atoms with Gasteiger partial charge in [-0.1, -0.05) is 28.1 Å². The van der Waals surface area contributed by atoms with Crippen LogP contribution in [-0.4, -0.2) is 30.8 Å². The van der Waals surface area contributed by atoms with Crippen LogP contribution < -0.4 is 5.73 Å². The third-order valence-corrected chi connectivity index (χ3v) is 4.60. The Kier molecular flexibility index (Phi) is 3.77. The Morgan fingerprint density at radius 1 is 1.27 bits per heavy atom.